The number of carbonyl (C=O) groups excluding carboxylic acids is 1. The molecule has 0 atom stereocenters. The van der Waals surface area contributed by atoms with Gasteiger partial charge >= 0.3 is 6.03 Å². The second-order valence-electron chi connectivity index (χ2n) is 4.54. The maximum atomic E-state index is 11.9. The maximum absolute atomic E-state index is 11.9. The molecule has 5 nitrogen and oxygen atoms in total. The smallest absolute Gasteiger partial charge is 0.317 e. The van der Waals surface area contributed by atoms with E-state index in [9.17, 15) is 4.79 Å². The summed E-state index contributed by atoms with van der Waals surface area (Å²) in [6, 6.07) is 1.96. The quantitative estimate of drug-likeness (QED) is 0.846. The summed E-state index contributed by atoms with van der Waals surface area (Å²) in [6.45, 7) is 2.28. The van der Waals surface area contributed by atoms with Crippen LogP contribution in [0.4, 0.5) is 4.79 Å². The zero-order valence-corrected chi connectivity index (χ0v) is 10.4. The van der Waals surface area contributed by atoms with Crippen molar-refractivity contribution in [2.75, 3.05) is 13.1 Å². The van der Waals surface area contributed by atoms with Crippen molar-refractivity contribution in [1.82, 2.24) is 20.0 Å². The number of hydrogen-bond acceptors (Lipinski definition) is 2. The summed E-state index contributed by atoms with van der Waals surface area (Å²) in [7, 11) is 1.88. The number of aryl methyl sites for hydroxylation is 1. The standard InChI is InChI=1S/C12H20N4O/c1-15-9-6-11(14-15)10-13-12(17)16-7-4-2-3-5-8-16/h6,9H,2-5,7-8,10H2,1H3,(H,13,17). The van der Waals surface area contributed by atoms with Gasteiger partial charge in [-0.05, 0) is 18.9 Å². The zero-order chi connectivity index (χ0) is 12.1. The van der Waals surface area contributed by atoms with Crippen LogP contribution in [0.2, 0.25) is 0 Å². The number of nitrogens with zero attached hydrogens (tertiary/aromatic N) is 3. The molecule has 1 aliphatic heterocycles. The van der Waals surface area contributed by atoms with Crippen LogP contribution in [0.15, 0.2) is 12.3 Å². The summed E-state index contributed by atoms with van der Waals surface area (Å²) < 4.78 is 1.74. The lowest BCUT2D eigenvalue weighted by Gasteiger charge is -2.20. The van der Waals surface area contributed by atoms with Crippen molar-refractivity contribution in [3.05, 3.63) is 18.0 Å². The van der Waals surface area contributed by atoms with E-state index in [2.05, 4.69) is 10.4 Å². The van der Waals surface area contributed by atoms with Gasteiger partial charge in [0.25, 0.3) is 0 Å². The Hall–Kier alpha value is -1.52. The maximum Gasteiger partial charge on any atom is 0.317 e. The molecule has 1 fully saturated rings. The number of aromatic nitrogens is 2. The number of rotatable bonds is 2. The van der Waals surface area contributed by atoms with Crippen LogP contribution in [0.3, 0.4) is 0 Å². The van der Waals surface area contributed by atoms with Gasteiger partial charge in [0.05, 0.1) is 12.2 Å². The van der Waals surface area contributed by atoms with Crippen molar-refractivity contribution >= 4 is 6.03 Å². The summed E-state index contributed by atoms with van der Waals surface area (Å²) in [5.74, 6) is 0. The molecule has 1 aromatic heterocycles. The molecule has 5 heteroatoms. The molecule has 0 unspecified atom stereocenters. The summed E-state index contributed by atoms with van der Waals surface area (Å²) in [5, 5.41) is 7.15. The fraction of sp³-hybridized carbons (Fsp3) is 0.667. The third-order valence-electron chi connectivity index (χ3n) is 3.08. The van der Waals surface area contributed by atoms with Gasteiger partial charge in [-0.2, -0.15) is 5.10 Å². The minimum Gasteiger partial charge on any atom is -0.332 e. The fourth-order valence-electron chi connectivity index (χ4n) is 2.11. The Bertz CT molecular complexity index is 366. The first-order valence-corrected chi connectivity index (χ1v) is 6.27. The van der Waals surface area contributed by atoms with Crippen molar-refractivity contribution < 1.29 is 4.79 Å². The Morgan fingerprint density at radius 1 is 1.35 bits per heavy atom. The highest BCUT2D eigenvalue weighted by atomic mass is 16.2. The molecule has 94 valence electrons. The van der Waals surface area contributed by atoms with Gasteiger partial charge in [-0.1, -0.05) is 12.8 Å². The lowest BCUT2D eigenvalue weighted by molar-refractivity contribution is 0.199. The van der Waals surface area contributed by atoms with E-state index in [-0.39, 0.29) is 6.03 Å². The number of carbonyl (C=O) groups is 1. The number of amides is 2. The molecule has 0 aliphatic carbocycles. The second-order valence-corrected chi connectivity index (χ2v) is 4.54. The monoisotopic (exact) mass is 236 g/mol. The molecule has 0 spiro atoms. The highest BCUT2D eigenvalue weighted by Crippen LogP contribution is 2.09. The number of hydrogen-bond donors (Lipinski definition) is 1. The van der Waals surface area contributed by atoms with E-state index in [0.29, 0.717) is 6.54 Å². The summed E-state index contributed by atoms with van der Waals surface area (Å²) in [6.07, 6.45) is 6.61. The molecular formula is C12H20N4O. The molecule has 2 amide bonds. The molecular weight excluding hydrogens is 216 g/mol. The van der Waals surface area contributed by atoms with E-state index < -0.39 is 0 Å². The predicted octanol–water partition coefficient (Wildman–Crippen LogP) is 1.51. The number of urea groups is 1. The highest BCUT2D eigenvalue weighted by molar-refractivity contribution is 5.74. The Kier molecular flexibility index (Phi) is 4.01. The van der Waals surface area contributed by atoms with Gasteiger partial charge < -0.3 is 10.2 Å². The van der Waals surface area contributed by atoms with Gasteiger partial charge in [0.1, 0.15) is 0 Å². The number of likely N-dealkylation sites (tertiary alicyclic amines) is 1. The van der Waals surface area contributed by atoms with E-state index in [4.69, 9.17) is 0 Å². The van der Waals surface area contributed by atoms with E-state index >= 15 is 0 Å². The van der Waals surface area contributed by atoms with Gasteiger partial charge in [-0.3, -0.25) is 4.68 Å². The lowest BCUT2D eigenvalue weighted by atomic mass is 10.2. The van der Waals surface area contributed by atoms with Crippen molar-refractivity contribution in [3.63, 3.8) is 0 Å². The predicted molar refractivity (Wildman–Crippen MR) is 65.5 cm³/mol. The first-order valence-electron chi connectivity index (χ1n) is 6.27. The van der Waals surface area contributed by atoms with E-state index in [0.717, 1.165) is 31.6 Å². The minimum absolute atomic E-state index is 0.0394. The van der Waals surface area contributed by atoms with Crippen LogP contribution in [0.1, 0.15) is 31.4 Å². The van der Waals surface area contributed by atoms with Gasteiger partial charge in [-0.15, -0.1) is 0 Å². The third-order valence-corrected chi connectivity index (χ3v) is 3.08. The van der Waals surface area contributed by atoms with E-state index in [1.54, 1.807) is 4.68 Å². The van der Waals surface area contributed by atoms with Gasteiger partial charge in [0.2, 0.25) is 0 Å². The fourth-order valence-corrected chi connectivity index (χ4v) is 2.11. The molecule has 2 rings (SSSR count). The van der Waals surface area contributed by atoms with Gasteiger partial charge in [0, 0.05) is 26.3 Å². The molecule has 1 aliphatic rings. The van der Waals surface area contributed by atoms with E-state index in [1.165, 1.54) is 12.8 Å². The van der Waals surface area contributed by atoms with Crippen LogP contribution in [-0.2, 0) is 13.6 Å². The van der Waals surface area contributed by atoms with Crippen LogP contribution in [0, 0.1) is 0 Å². The zero-order valence-electron chi connectivity index (χ0n) is 10.4. The van der Waals surface area contributed by atoms with Crippen LogP contribution in [0.25, 0.3) is 0 Å². The molecule has 0 aromatic carbocycles. The average Bonchev–Trinajstić information content (AvgIpc) is 2.58. The molecule has 1 N–H and O–H groups in total. The summed E-state index contributed by atoms with van der Waals surface area (Å²) in [4.78, 5) is 13.8. The van der Waals surface area contributed by atoms with Crippen LogP contribution in [-0.4, -0.2) is 33.8 Å². The Labute approximate surface area is 102 Å². The molecule has 0 bridgehead atoms. The molecule has 1 saturated heterocycles. The van der Waals surface area contributed by atoms with E-state index in [1.807, 2.05) is 24.2 Å². The molecule has 0 saturated carbocycles. The molecule has 17 heavy (non-hydrogen) atoms. The minimum atomic E-state index is 0.0394. The highest BCUT2D eigenvalue weighted by Gasteiger charge is 2.14. The van der Waals surface area contributed by atoms with Crippen molar-refractivity contribution in [1.29, 1.82) is 0 Å². The SMILES string of the molecule is Cn1ccc(CNC(=O)N2CCCCCC2)n1. The average molecular weight is 236 g/mol. The normalized spacial score (nSPS) is 16.6. The van der Waals surface area contributed by atoms with Crippen LogP contribution in [0.5, 0.6) is 0 Å². The van der Waals surface area contributed by atoms with Crippen molar-refractivity contribution in [2.45, 2.75) is 32.2 Å². The molecule has 2 heterocycles. The van der Waals surface area contributed by atoms with Crippen LogP contribution < -0.4 is 5.32 Å². The Morgan fingerprint density at radius 2 is 2.06 bits per heavy atom. The summed E-state index contributed by atoms with van der Waals surface area (Å²) >= 11 is 0. The largest absolute Gasteiger partial charge is 0.332 e. The topological polar surface area (TPSA) is 50.2 Å². The van der Waals surface area contributed by atoms with Gasteiger partial charge in [0.15, 0.2) is 0 Å². The second kappa shape index (κ2) is 5.70. The van der Waals surface area contributed by atoms with Crippen molar-refractivity contribution in [2.24, 2.45) is 7.05 Å². The Balaban J connectivity index is 1.79. The number of nitrogens with one attached hydrogen (secondary N) is 1. The third kappa shape index (κ3) is 3.47. The molecule has 1 aromatic rings. The lowest BCUT2D eigenvalue weighted by Crippen LogP contribution is -2.40. The van der Waals surface area contributed by atoms with Crippen molar-refractivity contribution in [3.8, 4) is 0 Å². The Morgan fingerprint density at radius 3 is 2.65 bits per heavy atom. The van der Waals surface area contributed by atoms with Gasteiger partial charge in [-0.25, -0.2) is 4.79 Å². The first kappa shape index (κ1) is 12.0. The van der Waals surface area contributed by atoms with Crippen LogP contribution >= 0.6 is 0 Å². The first-order chi connectivity index (χ1) is 8.25. The molecule has 0 radical (unpaired) electrons. The summed E-state index contributed by atoms with van der Waals surface area (Å²) in [5.41, 5.74) is 0.899.